The van der Waals surface area contributed by atoms with Crippen molar-refractivity contribution in [1.82, 2.24) is 10.3 Å². The Morgan fingerprint density at radius 3 is 2.63 bits per heavy atom. The number of hydrogen-bond acceptors (Lipinski definition) is 4. The second-order valence-electron chi connectivity index (χ2n) is 8.66. The maximum Gasteiger partial charge on any atom is 0.225 e. The molecule has 2 aromatic carbocycles. The second-order valence-corrected chi connectivity index (χ2v) is 8.66. The summed E-state index contributed by atoms with van der Waals surface area (Å²) in [5.41, 5.74) is 1.90. The molecular formula is C27H27F3N3O2. The van der Waals surface area contributed by atoms with E-state index in [9.17, 15) is 18.0 Å². The van der Waals surface area contributed by atoms with Crippen LogP contribution in [0.5, 0.6) is 0 Å². The van der Waals surface area contributed by atoms with E-state index >= 15 is 0 Å². The molecule has 0 saturated carbocycles. The molecule has 2 heterocycles. The third-order valence-corrected chi connectivity index (χ3v) is 6.07. The molecule has 1 aliphatic heterocycles. The van der Waals surface area contributed by atoms with Gasteiger partial charge < -0.3 is 15.4 Å². The van der Waals surface area contributed by atoms with Crippen LogP contribution < -0.4 is 10.6 Å². The van der Waals surface area contributed by atoms with Crippen LogP contribution in [0.2, 0.25) is 0 Å². The lowest BCUT2D eigenvalue weighted by molar-refractivity contribution is -0.116. The molecule has 1 aliphatic rings. The monoisotopic (exact) mass is 482 g/mol. The van der Waals surface area contributed by atoms with Gasteiger partial charge >= 0.3 is 0 Å². The number of nitrogens with zero attached hydrogens (tertiary/aromatic N) is 1. The van der Waals surface area contributed by atoms with Crippen molar-refractivity contribution in [1.29, 1.82) is 0 Å². The molecule has 35 heavy (non-hydrogen) atoms. The van der Waals surface area contributed by atoms with Crippen LogP contribution in [0.15, 0.2) is 60.9 Å². The maximum atomic E-state index is 14.7. The van der Waals surface area contributed by atoms with E-state index in [1.165, 1.54) is 36.5 Å². The Labute approximate surface area is 202 Å². The van der Waals surface area contributed by atoms with Crippen LogP contribution in [0.25, 0.3) is 0 Å². The Hall–Kier alpha value is -3.23. The Morgan fingerprint density at radius 2 is 1.91 bits per heavy atom. The van der Waals surface area contributed by atoms with E-state index in [0.29, 0.717) is 48.4 Å². The number of aromatic nitrogens is 1. The van der Waals surface area contributed by atoms with E-state index in [1.807, 2.05) is 0 Å². The smallest absolute Gasteiger partial charge is 0.225 e. The van der Waals surface area contributed by atoms with Crippen molar-refractivity contribution in [2.75, 3.05) is 18.5 Å². The average molecular weight is 483 g/mol. The number of anilines is 1. The second kappa shape index (κ2) is 11.5. The SMILES string of the molecule is [CH2][C@H]1CO[C@H](CCc2c(F)cccc2NC(=O)C[C@H](c2ccc(F)cc2)c2cncc(F)c2)CN1. The minimum Gasteiger partial charge on any atom is -0.375 e. The third-order valence-electron chi connectivity index (χ3n) is 6.07. The van der Waals surface area contributed by atoms with Crippen molar-refractivity contribution < 1.29 is 22.7 Å². The van der Waals surface area contributed by atoms with Crippen molar-refractivity contribution in [3.05, 3.63) is 102 Å². The molecule has 0 aliphatic carbocycles. The lowest BCUT2D eigenvalue weighted by atomic mass is 9.89. The predicted molar refractivity (Wildman–Crippen MR) is 127 cm³/mol. The highest BCUT2D eigenvalue weighted by molar-refractivity contribution is 5.92. The Morgan fingerprint density at radius 1 is 1.11 bits per heavy atom. The number of ether oxygens (including phenoxy) is 1. The third kappa shape index (κ3) is 6.68. The minimum atomic E-state index is -0.562. The minimum absolute atomic E-state index is 0.0388. The molecule has 0 spiro atoms. The molecule has 0 unspecified atom stereocenters. The molecule has 4 rings (SSSR count). The largest absolute Gasteiger partial charge is 0.375 e. The Kier molecular flexibility index (Phi) is 8.15. The van der Waals surface area contributed by atoms with Gasteiger partial charge in [-0.15, -0.1) is 0 Å². The van der Waals surface area contributed by atoms with Gasteiger partial charge in [-0.25, -0.2) is 13.2 Å². The summed E-state index contributed by atoms with van der Waals surface area (Å²) in [6.45, 7) is 5.02. The summed E-state index contributed by atoms with van der Waals surface area (Å²) >= 11 is 0. The highest BCUT2D eigenvalue weighted by Crippen LogP contribution is 2.30. The van der Waals surface area contributed by atoms with Gasteiger partial charge in [-0.2, -0.15) is 0 Å². The van der Waals surface area contributed by atoms with Crippen molar-refractivity contribution >= 4 is 11.6 Å². The van der Waals surface area contributed by atoms with Gasteiger partial charge in [0.15, 0.2) is 0 Å². The van der Waals surface area contributed by atoms with Gasteiger partial charge in [0, 0.05) is 42.4 Å². The molecule has 8 heteroatoms. The number of pyridine rings is 1. The first-order valence-electron chi connectivity index (χ1n) is 11.5. The van der Waals surface area contributed by atoms with E-state index in [4.69, 9.17) is 4.74 Å². The first-order chi connectivity index (χ1) is 16.9. The fourth-order valence-corrected chi connectivity index (χ4v) is 4.22. The number of rotatable bonds is 8. The van der Waals surface area contributed by atoms with Gasteiger partial charge in [0.1, 0.15) is 17.5 Å². The standard InChI is InChI=1S/C27H27F3N3O2/c1-17-16-35-22(15-32-17)9-10-23-25(30)3-2-4-26(23)33-27(34)12-24(18-5-7-20(28)8-6-18)19-11-21(29)14-31-13-19/h2-8,11,13-14,17,22,24,32H,1,9-10,12,15-16H2,(H,33,34)/t17-,22+,24+/m0/s1. The number of benzene rings is 2. The van der Waals surface area contributed by atoms with Gasteiger partial charge in [-0.05, 0) is 61.2 Å². The normalized spacial score (nSPS) is 18.7. The van der Waals surface area contributed by atoms with E-state index in [2.05, 4.69) is 22.5 Å². The van der Waals surface area contributed by atoms with Gasteiger partial charge in [0.25, 0.3) is 0 Å². The van der Waals surface area contributed by atoms with Crippen LogP contribution in [0.4, 0.5) is 18.9 Å². The lowest BCUT2D eigenvalue weighted by Crippen LogP contribution is -2.45. The molecule has 3 aromatic rings. The lowest BCUT2D eigenvalue weighted by Gasteiger charge is -2.28. The zero-order valence-corrected chi connectivity index (χ0v) is 19.1. The fraction of sp³-hybridized carbons (Fsp3) is 0.296. The Bertz CT molecular complexity index is 1150. The molecule has 1 saturated heterocycles. The molecule has 3 atom stereocenters. The molecule has 183 valence electrons. The topological polar surface area (TPSA) is 63.2 Å². The van der Waals surface area contributed by atoms with Crippen LogP contribution in [0.3, 0.4) is 0 Å². The quantitative estimate of drug-likeness (QED) is 0.485. The van der Waals surface area contributed by atoms with E-state index in [-0.39, 0.29) is 24.5 Å². The van der Waals surface area contributed by atoms with Gasteiger partial charge in [-0.1, -0.05) is 18.2 Å². The van der Waals surface area contributed by atoms with Gasteiger partial charge in [0.2, 0.25) is 5.91 Å². The van der Waals surface area contributed by atoms with Crippen molar-refractivity contribution in [3.63, 3.8) is 0 Å². The number of carbonyl (C=O) groups is 1. The first-order valence-corrected chi connectivity index (χ1v) is 11.5. The highest BCUT2D eigenvalue weighted by atomic mass is 19.1. The zero-order valence-electron chi connectivity index (χ0n) is 19.1. The van der Waals surface area contributed by atoms with E-state index in [1.54, 1.807) is 18.2 Å². The molecule has 5 nitrogen and oxygen atoms in total. The molecule has 1 amide bonds. The number of morpholine rings is 1. The molecule has 1 radical (unpaired) electrons. The number of halogens is 3. The van der Waals surface area contributed by atoms with Crippen LogP contribution in [-0.4, -0.2) is 36.2 Å². The number of nitrogens with one attached hydrogen (secondary N) is 2. The summed E-state index contributed by atoms with van der Waals surface area (Å²) < 4.78 is 47.8. The summed E-state index contributed by atoms with van der Waals surface area (Å²) in [4.78, 5) is 17.0. The predicted octanol–water partition coefficient (Wildman–Crippen LogP) is 4.78. The van der Waals surface area contributed by atoms with Crippen molar-refractivity contribution in [2.24, 2.45) is 0 Å². The van der Waals surface area contributed by atoms with Crippen LogP contribution in [0.1, 0.15) is 35.4 Å². The highest BCUT2D eigenvalue weighted by Gasteiger charge is 2.22. The molecule has 2 N–H and O–H groups in total. The molecular weight excluding hydrogens is 455 g/mol. The number of carbonyl (C=O) groups excluding carboxylic acids is 1. The fourth-order valence-electron chi connectivity index (χ4n) is 4.22. The zero-order chi connectivity index (χ0) is 24.8. The van der Waals surface area contributed by atoms with Gasteiger partial charge in [-0.3, -0.25) is 9.78 Å². The summed E-state index contributed by atoms with van der Waals surface area (Å²) in [5.74, 6) is -2.31. The summed E-state index contributed by atoms with van der Waals surface area (Å²) in [6.07, 6.45) is 3.38. The van der Waals surface area contributed by atoms with E-state index < -0.39 is 23.4 Å². The summed E-state index contributed by atoms with van der Waals surface area (Å²) in [5, 5.41) is 6.04. The number of amides is 1. The van der Waals surface area contributed by atoms with Crippen molar-refractivity contribution in [3.8, 4) is 0 Å². The molecule has 1 aromatic heterocycles. The number of hydrogen-bond donors (Lipinski definition) is 2. The van der Waals surface area contributed by atoms with Crippen LogP contribution >= 0.6 is 0 Å². The van der Waals surface area contributed by atoms with Crippen molar-refractivity contribution in [2.45, 2.75) is 37.3 Å². The average Bonchev–Trinajstić information content (AvgIpc) is 2.84. The summed E-state index contributed by atoms with van der Waals surface area (Å²) in [7, 11) is 0. The van der Waals surface area contributed by atoms with Crippen LogP contribution in [-0.2, 0) is 16.0 Å². The summed E-state index contributed by atoms with van der Waals surface area (Å²) in [6, 6.07) is 11.6. The Balaban J connectivity index is 1.49. The molecule has 1 fully saturated rings. The maximum absolute atomic E-state index is 14.7. The van der Waals surface area contributed by atoms with E-state index in [0.717, 1.165) is 6.20 Å². The van der Waals surface area contributed by atoms with Gasteiger partial charge in [0.05, 0.1) is 18.9 Å². The van der Waals surface area contributed by atoms with Crippen LogP contribution in [0, 0.1) is 24.4 Å². The molecule has 0 bridgehead atoms. The first kappa shape index (κ1) is 24.9.